The zero-order valence-corrected chi connectivity index (χ0v) is 11.1. The second kappa shape index (κ2) is 5.22. The molecular weight excluding hydrogens is 244 g/mol. The average Bonchev–Trinajstić information content (AvgIpc) is 2.92. The topological polar surface area (TPSA) is 55.9 Å². The number of aromatic nitrogens is 2. The van der Waals surface area contributed by atoms with Crippen LogP contribution in [0, 0.1) is 0 Å². The van der Waals surface area contributed by atoms with Crippen LogP contribution in [-0.2, 0) is 6.54 Å². The Morgan fingerprint density at radius 1 is 1.56 bits per heavy atom. The lowest BCUT2D eigenvalue weighted by atomic mass is 10.2. The van der Waals surface area contributed by atoms with E-state index in [4.69, 9.17) is 5.73 Å². The summed E-state index contributed by atoms with van der Waals surface area (Å²) in [5.74, 6) is 0. The number of thiophene rings is 1. The van der Waals surface area contributed by atoms with Crippen molar-refractivity contribution in [2.24, 2.45) is 5.73 Å². The molecule has 18 heavy (non-hydrogen) atoms. The van der Waals surface area contributed by atoms with Gasteiger partial charge in [-0.2, -0.15) is 0 Å². The number of nitrogens with zero attached hydrogens (tertiary/aromatic N) is 2. The Labute approximate surface area is 111 Å². The molecule has 0 spiro atoms. The third kappa shape index (κ3) is 2.48. The Hall–Kier alpha value is -1.17. The minimum Gasteiger partial charge on any atom is -0.330 e. The van der Waals surface area contributed by atoms with Crippen LogP contribution in [0.4, 0.5) is 0 Å². The van der Waals surface area contributed by atoms with E-state index in [-0.39, 0.29) is 6.04 Å². The molecule has 2 aromatic heterocycles. The first kappa shape index (κ1) is 11.9. The molecule has 1 aliphatic carbocycles. The van der Waals surface area contributed by atoms with Crippen molar-refractivity contribution >= 4 is 11.3 Å². The predicted molar refractivity (Wildman–Crippen MR) is 73.5 cm³/mol. The molecule has 0 amide bonds. The summed E-state index contributed by atoms with van der Waals surface area (Å²) in [5.41, 5.74) is 7.11. The fourth-order valence-corrected chi connectivity index (χ4v) is 2.84. The maximum absolute atomic E-state index is 5.89. The lowest BCUT2D eigenvalue weighted by molar-refractivity contribution is 0.504. The molecule has 0 aliphatic heterocycles. The van der Waals surface area contributed by atoms with Crippen molar-refractivity contribution in [1.29, 1.82) is 0 Å². The van der Waals surface area contributed by atoms with E-state index in [9.17, 15) is 0 Å². The van der Waals surface area contributed by atoms with Crippen LogP contribution in [0.15, 0.2) is 30.0 Å². The lowest BCUT2D eigenvalue weighted by Crippen LogP contribution is -2.29. The van der Waals surface area contributed by atoms with Crippen LogP contribution >= 0.6 is 11.3 Å². The van der Waals surface area contributed by atoms with Gasteiger partial charge in [-0.15, -0.1) is 11.3 Å². The normalized spacial score (nSPS) is 16.9. The molecule has 5 heteroatoms. The van der Waals surface area contributed by atoms with E-state index in [1.807, 2.05) is 12.5 Å². The number of nitrogens with two attached hydrogens (primary N) is 1. The molecule has 3 N–H and O–H groups in total. The van der Waals surface area contributed by atoms with Gasteiger partial charge in [0, 0.05) is 30.2 Å². The van der Waals surface area contributed by atoms with Crippen LogP contribution in [0.2, 0.25) is 0 Å². The van der Waals surface area contributed by atoms with Gasteiger partial charge in [0.25, 0.3) is 0 Å². The third-order valence-electron chi connectivity index (χ3n) is 3.33. The molecule has 2 heterocycles. The van der Waals surface area contributed by atoms with Gasteiger partial charge in [-0.3, -0.25) is 0 Å². The van der Waals surface area contributed by atoms with E-state index in [0.717, 1.165) is 6.54 Å². The highest BCUT2D eigenvalue weighted by Gasteiger charge is 2.27. The van der Waals surface area contributed by atoms with Crippen molar-refractivity contribution in [3.63, 3.8) is 0 Å². The summed E-state index contributed by atoms with van der Waals surface area (Å²) in [7, 11) is 0. The second-order valence-electron chi connectivity index (χ2n) is 4.71. The molecule has 1 atom stereocenters. The molecule has 0 saturated heterocycles. The van der Waals surface area contributed by atoms with Crippen molar-refractivity contribution in [1.82, 2.24) is 14.9 Å². The predicted octanol–water partition coefficient (Wildman–Crippen LogP) is 2.07. The third-order valence-corrected chi connectivity index (χ3v) is 4.21. The van der Waals surface area contributed by atoms with Gasteiger partial charge >= 0.3 is 0 Å². The highest BCUT2D eigenvalue weighted by atomic mass is 32.1. The van der Waals surface area contributed by atoms with Crippen LogP contribution < -0.4 is 11.1 Å². The molecule has 96 valence electrons. The first-order chi connectivity index (χ1) is 8.88. The van der Waals surface area contributed by atoms with Gasteiger partial charge in [0.2, 0.25) is 0 Å². The maximum atomic E-state index is 5.89. The van der Waals surface area contributed by atoms with E-state index in [1.165, 1.54) is 23.4 Å². The van der Waals surface area contributed by atoms with Gasteiger partial charge in [0.15, 0.2) is 0 Å². The van der Waals surface area contributed by atoms with E-state index < -0.39 is 0 Å². The monoisotopic (exact) mass is 262 g/mol. The molecule has 3 rings (SSSR count). The number of hydrogen-bond acceptors (Lipinski definition) is 4. The minimum absolute atomic E-state index is 0.190. The quantitative estimate of drug-likeness (QED) is 0.838. The molecule has 0 aromatic carbocycles. The summed E-state index contributed by atoms with van der Waals surface area (Å²) in [6, 6.07) is 5.06. The summed E-state index contributed by atoms with van der Waals surface area (Å²) in [6.07, 6.45) is 6.41. The molecule has 2 aromatic rings. The smallest absolute Gasteiger partial charge is 0.0951 e. The van der Waals surface area contributed by atoms with Gasteiger partial charge in [-0.05, 0) is 24.3 Å². The fraction of sp³-hybridized carbons (Fsp3) is 0.462. The van der Waals surface area contributed by atoms with Gasteiger partial charge in [0.1, 0.15) is 0 Å². The van der Waals surface area contributed by atoms with Crippen LogP contribution in [-0.4, -0.2) is 16.1 Å². The summed E-state index contributed by atoms with van der Waals surface area (Å²) in [4.78, 5) is 5.61. The first-order valence-electron chi connectivity index (χ1n) is 6.36. The Kier molecular flexibility index (Phi) is 3.45. The van der Waals surface area contributed by atoms with E-state index >= 15 is 0 Å². The Morgan fingerprint density at radius 3 is 3.11 bits per heavy atom. The zero-order valence-electron chi connectivity index (χ0n) is 10.2. The van der Waals surface area contributed by atoms with Crippen molar-refractivity contribution in [3.8, 4) is 0 Å². The minimum atomic E-state index is 0.190. The summed E-state index contributed by atoms with van der Waals surface area (Å²) >= 11 is 1.77. The molecule has 0 radical (unpaired) electrons. The SMILES string of the molecule is NCC(NCc1cccs1)c1cncn1C1CC1. The van der Waals surface area contributed by atoms with E-state index in [0.29, 0.717) is 12.6 Å². The van der Waals surface area contributed by atoms with E-state index in [1.54, 1.807) is 11.3 Å². The average molecular weight is 262 g/mol. The second-order valence-corrected chi connectivity index (χ2v) is 5.74. The van der Waals surface area contributed by atoms with Crippen molar-refractivity contribution in [2.45, 2.75) is 31.5 Å². The highest BCUT2D eigenvalue weighted by molar-refractivity contribution is 7.09. The van der Waals surface area contributed by atoms with Crippen molar-refractivity contribution in [2.75, 3.05) is 6.54 Å². The molecule has 1 unspecified atom stereocenters. The number of nitrogens with one attached hydrogen (secondary N) is 1. The molecule has 1 saturated carbocycles. The van der Waals surface area contributed by atoms with E-state index in [2.05, 4.69) is 32.4 Å². The summed E-state index contributed by atoms with van der Waals surface area (Å²) in [6.45, 7) is 1.47. The summed E-state index contributed by atoms with van der Waals surface area (Å²) < 4.78 is 2.28. The zero-order chi connectivity index (χ0) is 12.4. The Balaban J connectivity index is 1.69. The molecular formula is C13H18N4S. The lowest BCUT2D eigenvalue weighted by Gasteiger charge is -2.18. The number of imidazole rings is 1. The standard InChI is InChI=1S/C13H18N4S/c14-6-12(16-7-11-2-1-5-18-11)13-8-15-9-17(13)10-3-4-10/h1-2,5,8-10,12,16H,3-4,6-7,14H2. The first-order valence-corrected chi connectivity index (χ1v) is 7.24. The largest absolute Gasteiger partial charge is 0.330 e. The Morgan fingerprint density at radius 2 is 2.44 bits per heavy atom. The van der Waals surface area contributed by atoms with Crippen LogP contribution in [0.1, 0.15) is 35.5 Å². The molecule has 4 nitrogen and oxygen atoms in total. The van der Waals surface area contributed by atoms with Gasteiger partial charge < -0.3 is 15.6 Å². The Bertz CT molecular complexity index is 487. The highest BCUT2D eigenvalue weighted by Crippen LogP contribution is 2.36. The fourth-order valence-electron chi connectivity index (χ4n) is 2.19. The van der Waals surface area contributed by atoms with Gasteiger partial charge in [0.05, 0.1) is 18.1 Å². The number of rotatable bonds is 6. The van der Waals surface area contributed by atoms with Gasteiger partial charge in [-0.1, -0.05) is 6.07 Å². The van der Waals surface area contributed by atoms with Crippen LogP contribution in [0.3, 0.4) is 0 Å². The van der Waals surface area contributed by atoms with Gasteiger partial charge in [-0.25, -0.2) is 4.98 Å². The van der Waals surface area contributed by atoms with Crippen molar-refractivity contribution in [3.05, 3.63) is 40.6 Å². The molecule has 1 aliphatic rings. The van der Waals surface area contributed by atoms with Crippen LogP contribution in [0.25, 0.3) is 0 Å². The van der Waals surface area contributed by atoms with Crippen LogP contribution in [0.5, 0.6) is 0 Å². The number of hydrogen-bond donors (Lipinski definition) is 2. The molecule has 1 fully saturated rings. The summed E-state index contributed by atoms with van der Waals surface area (Å²) in [5, 5.41) is 5.62. The van der Waals surface area contributed by atoms with Crippen molar-refractivity contribution < 1.29 is 0 Å². The maximum Gasteiger partial charge on any atom is 0.0951 e. The molecule has 0 bridgehead atoms.